The van der Waals surface area contributed by atoms with Crippen LogP contribution in [0.3, 0.4) is 0 Å². The first-order valence-corrected chi connectivity index (χ1v) is 12.3. The van der Waals surface area contributed by atoms with Gasteiger partial charge < -0.3 is 14.5 Å². The molecule has 0 spiro atoms. The first kappa shape index (κ1) is 25.6. The van der Waals surface area contributed by atoms with Gasteiger partial charge in [-0.3, -0.25) is 9.59 Å². The minimum atomic E-state index is -0.658. The summed E-state index contributed by atoms with van der Waals surface area (Å²) in [4.78, 5) is 32.3. The van der Waals surface area contributed by atoms with E-state index < -0.39 is 29.5 Å². The number of hydrogen-bond donors (Lipinski definition) is 0. The number of carbonyl (C=O) groups excluding carboxylic acids is 2. The van der Waals surface area contributed by atoms with Gasteiger partial charge in [0.25, 0.3) is 0 Å². The molecule has 0 saturated carbocycles. The Morgan fingerprint density at radius 3 is 2.63 bits per heavy atom. The maximum Gasteiger partial charge on any atom is 0.312 e. The molecular formula is C27H24ClF2N5O3. The average molecular weight is 540 g/mol. The Morgan fingerprint density at radius 1 is 1.11 bits per heavy atom. The third-order valence-corrected chi connectivity index (χ3v) is 7.00. The highest BCUT2D eigenvalue weighted by molar-refractivity contribution is 6.35. The molecular weight excluding hydrogens is 516 g/mol. The minimum Gasteiger partial charge on any atom is -0.487 e. The zero-order valence-electron chi connectivity index (χ0n) is 20.9. The molecule has 0 bridgehead atoms. The monoisotopic (exact) mass is 539 g/mol. The molecule has 0 N–H and O–H groups in total. The molecule has 1 atom stereocenters. The maximum absolute atomic E-state index is 14.4. The van der Waals surface area contributed by atoms with Crippen molar-refractivity contribution < 1.29 is 23.1 Å². The summed E-state index contributed by atoms with van der Waals surface area (Å²) in [6, 6.07) is 9.01. The number of benzene rings is 2. The number of para-hydroxylation sites is 1. The van der Waals surface area contributed by atoms with Gasteiger partial charge in [0.15, 0.2) is 5.82 Å². The molecule has 4 aromatic rings. The second-order valence-electron chi connectivity index (χ2n) is 9.18. The molecule has 1 aliphatic heterocycles. The molecule has 2 amide bonds. The number of pyridine rings is 1. The number of nitrogens with zero attached hydrogens (tertiary/aromatic N) is 5. The molecule has 1 saturated heterocycles. The fourth-order valence-electron chi connectivity index (χ4n) is 4.65. The molecule has 1 fully saturated rings. The number of halogens is 3. The van der Waals surface area contributed by atoms with Crippen molar-refractivity contribution in [2.75, 3.05) is 20.1 Å². The van der Waals surface area contributed by atoms with Gasteiger partial charge in [0.2, 0.25) is 0 Å². The Hall–Kier alpha value is -4.05. The SMILES string of the molecule is Cc1cc(-n2cc(F)cn2)c2cccc(OCc3c(Cl)cc(F)cc3[C@H](C)N3CCN(C)C(=O)C3=O)c2n1. The average Bonchev–Trinajstić information content (AvgIpc) is 3.31. The molecule has 3 heterocycles. The summed E-state index contributed by atoms with van der Waals surface area (Å²) in [5.74, 6) is -1.87. The topological polar surface area (TPSA) is 80.6 Å². The van der Waals surface area contributed by atoms with E-state index in [4.69, 9.17) is 16.3 Å². The first-order chi connectivity index (χ1) is 18.1. The van der Waals surface area contributed by atoms with E-state index in [2.05, 4.69) is 10.1 Å². The number of piperazine rings is 1. The Labute approximate surface area is 222 Å². The maximum atomic E-state index is 14.4. The smallest absolute Gasteiger partial charge is 0.312 e. The molecule has 0 unspecified atom stereocenters. The number of ether oxygens (including phenoxy) is 1. The highest BCUT2D eigenvalue weighted by atomic mass is 35.5. The highest BCUT2D eigenvalue weighted by Gasteiger charge is 2.35. The number of hydrogen-bond acceptors (Lipinski definition) is 5. The van der Waals surface area contributed by atoms with Crippen LogP contribution in [0.15, 0.2) is 48.8 Å². The molecule has 5 rings (SSSR count). The number of rotatable bonds is 6. The van der Waals surface area contributed by atoms with Gasteiger partial charge >= 0.3 is 11.8 Å². The van der Waals surface area contributed by atoms with Crippen LogP contribution in [-0.2, 0) is 16.2 Å². The van der Waals surface area contributed by atoms with Crippen LogP contribution in [0.1, 0.15) is 29.8 Å². The van der Waals surface area contributed by atoms with Crippen molar-refractivity contribution in [1.82, 2.24) is 24.6 Å². The van der Waals surface area contributed by atoms with Crippen LogP contribution in [0.4, 0.5) is 8.78 Å². The van der Waals surface area contributed by atoms with Gasteiger partial charge in [0.1, 0.15) is 23.7 Å². The van der Waals surface area contributed by atoms with Crippen LogP contribution in [-0.4, -0.2) is 56.5 Å². The highest BCUT2D eigenvalue weighted by Crippen LogP contribution is 2.34. The molecule has 2 aromatic carbocycles. The van der Waals surface area contributed by atoms with E-state index in [9.17, 15) is 18.4 Å². The van der Waals surface area contributed by atoms with E-state index in [-0.39, 0.29) is 11.6 Å². The van der Waals surface area contributed by atoms with Crippen LogP contribution in [0.5, 0.6) is 5.75 Å². The van der Waals surface area contributed by atoms with Crippen LogP contribution in [0.25, 0.3) is 16.6 Å². The van der Waals surface area contributed by atoms with Crippen LogP contribution >= 0.6 is 11.6 Å². The van der Waals surface area contributed by atoms with Crippen molar-refractivity contribution >= 4 is 34.3 Å². The van der Waals surface area contributed by atoms with Gasteiger partial charge in [-0.2, -0.15) is 5.10 Å². The van der Waals surface area contributed by atoms with Crippen molar-refractivity contribution in [2.45, 2.75) is 26.5 Å². The molecule has 8 nitrogen and oxygen atoms in total. The summed E-state index contributed by atoms with van der Waals surface area (Å²) in [6.07, 6.45) is 2.40. The molecule has 2 aromatic heterocycles. The zero-order valence-corrected chi connectivity index (χ0v) is 21.7. The third-order valence-electron chi connectivity index (χ3n) is 6.66. The van der Waals surface area contributed by atoms with Gasteiger partial charge in [-0.05, 0) is 43.7 Å². The van der Waals surface area contributed by atoms with E-state index in [0.717, 1.165) is 6.20 Å². The summed E-state index contributed by atoms with van der Waals surface area (Å²) in [5, 5.41) is 4.90. The standard InChI is InChI=1S/C27H24ClF2N5O3/c1-15-9-23(35-13-18(30)12-31-35)19-5-4-6-24(25(19)32-15)38-14-21-20(10-17(29)11-22(21)28)16(2)34-8-7-33(3)26(36)27(34)37/h4-6,9-13,16H,7-8,14H2,1-3H3/t16-/m0/s1. The Bertz CT molecular complexity index is 1570. The summed E-state index contributed by atoms with van der Waals surface area (Å²) in [6.45, 7) is 4.16. The number of aryl methyl sites for hydroxylation is 1. The summed E-state index contributed by atoms with van der Waals surface area (Å²) in [5.41, 5.74) is 2.77. The lowest BCUT2D eigenvalue weighted by Crippen LogP contribution is -2.53. The quantitative estimate of drug-likeness (QED) is 0.335. The third kappa shape index (κ3) is 4.67. The Morgan fingerprint density at radius 2 is 1.89 bits per heavy atom. The van der Waals surface area contributed by atoms with E-state index >= 15 is 0 Å². The lowest BCUT2D eigenvalue weighted by atomic mass is 9.99. The molecule has 11 heteroatoms. The zero-order chi connectivity index (χ0) is 27.1. The minimum absolute atomic E-state index is 0.0465. The van der Waals surface area contributed by atoms with Crippen LogP contribution in [0, 0.1) is 18.6 Å². The van der Waals surface area contributed by atoms with E-state index in [1.165, 1.54) is 32.8 Å². The predicted molar refractivity (Wildman–Crippen MR) is 137 cm³/mol. The number of carbonyl (C=O) groups is 2. The van der Waals surface area contributed by atoms with Gasteiger partial charge in [-0.1, -0.05) is 23.7 Å². The van der Waals surface area contributed by atoms with Crippen molar-refractivity contribution in [3.63, 3.8) is 0 Å². The van der Waals surface area contributed by atoms with Gasteiger partial charge in [0, 0.05) is 36.8 Å². The molecule has 0 radical (unpaired) electrons. The van der Waals surface area contributed by atoms with Crippen molar-refractivity contribution in [1.29, 1.82) is 0 Å². The molecule has 1 aliphatic rings. The molecule has 0 aliphatic carbocycles. The fraction of sp³-hybridized carbons (Fsp3) is 0.259. The van der Waals surface area contributed by atoms with Crippen molar-refractivity contribution in [3.8, 4) is 11.4 Å². The van der Waals surface area contributed by atoms with Crippen LogP contribution < -0.4 is 4.74 Å². The fourth-order valence-corrected chi connectivity index (χ4v) is 4.92. The summed E-state index contributed by atoms with van der Waals surface area (Å²) < 4.78 is 35.7. The summed E-state index contributed by atoms with van der Waals surface area (Å²) in [7, 11) is 1.56. The van der Waals surface area contributed by atoms with Crippen LogP contribution in [0.2, 0.25) is 5.02 Å². The number of likely N-dealkylation sites (N-methyl/N-ethyl adjacent to an activating group) is 1. The van der Waals surface area contributed by atoms with Gasteiger partial charge in [0.05, 0.1) is 29.1 Å². The van der Waals surface area contributed by atoms with Crippen molar-refractivity contribution in [2.24, 2.45) is 0 Å². The second kappa shape index (κ2) is 10.0. The lowest BCUT2D eigenvalue weighted by molar-refractivity contribution is -0.156. The Kier molecular flexibility index (Phi) is 6.75. The number of amides is 2. The molecule has 38 heavy (non-hydrogen) atoms. The largest absolute Gasteiger partial charge is 0.487 e. The first-order valence-electron chi connectivity index (χ1n) is 11.9. The van der Waals surface area contributed by atoms with Gasteiger partial charge in [-0.15, -0.1) is 0 Å². The molecule has 196 valence electrons. The Balaban J connectivity index is 1.50. The predicted octanol–water partition coefficient (Wildman–Crippen LogP) is 4.60. The van der Waals surface area contributed by atoms with E-state index in [1.807, 2.05) is 13.0 Å². The number of aromatic nitrogens is 3. The van der Waals surface area contributed by atoms with Gasteiger partial charge in [-0.25, -0.2) is 18.4 Å². The van der Waals surface area contributed by atoms with E-state index in [1.54, 1.807) is 32.2 Å². The lowest BCUT2D eigenvalue weighted by Gasteiger charge is -2.36. The second-order valence-corrected chi connectivity index (χ2v) is 9.59. The normalized spacial score (nSPS) is 14.9. The van der Waals surface area contributed by atoms with Crippen molar-refractivity contribution in [3.05, 3.63) is 82.3 Å². The number of fused-ring (bicyclic) bond motifs is 1. The van der Waals surface area contributed by atoms with E-state index in [0.29, 0.717) is 52.3 Å². The summed E-state index contributed by atoms with van der Waals surface area (Å²) >= 11 is 6.46.